The van der Waals surface area contributed by atoms with Crippen molar-refractivity contribution < 1.29 is 9.59 Å². The summed E-state index contributed by atoms with van der Waals surface area (Å²) in [6.45, 7) is 2.85. The predicted octanol–water partition coefficient (Wildman–Crippen LogP) is 1.39. The molecule has 2 amide bonds. The summed E-state index contributed by atoms with van der Waals surface area (Å²) in [5, 5.41) is 5.65. The van der Waals surface area contributed by atoms with Crippen LogP contribution in [0.1, 0.15) is 35.2 Å². The SMILES string of the molecule is Cc1ccc(C(=O)NCCNC(=O)C2CCC(N)C2)cc1.Cl. The fourth-order valence-corrected chi connectivity index (χ4v) is 2.57. The molecule has 6 heteroatoms. The van der Waals surface area contributed by atoms with E-state index in [0.29, 0.717) is 18.7 Å². The molecule has 1 fully saturated rings. The van der Waals surface area contributed by atoms with E-state index in [-0.39, 0.29) is 36.2 Å². The van der Waals surface area contributed by atoms with Crippen LogP contribution in [0.25, 0.3) is 0 Å². The Morgan fingerprint density at radius 2 is 1.77 bits per heavy atom. The Balaban J connectivity index is 0.00000242. The normalized spacial score (nSPS) is 20.1. The summed E-state index contributed by atoms with van der Waals surface area (Å²) in [6.07, 6.45) is 2.55. The van der Waals surface area contributed by atoms with Crippen molar-refractivity contribution in [3.8, 4) is 0 Å². The van der Waals surface area contributed by atoms with Crippen LogP contribution in [-0.4, -0.2) is 30.9 Å². The van der Waals surface area contributed by atoms with Gasteiger partial charge in [-0.1, -0.05) is 17.7 Å². The van der Waals surface area contributed by atoms with Crippen LogP contribution in [0, 0.1) is 12.8 Å². The van der Waals surface area contributed by atoms with Gasteiger partial charge in [-0.3, -0.25) is 9.59 Å². The van der Waals surface area contributed by atoms with E-state index in [2.05, 4.69) is 10.6 Å². The molecule has 2 atom stereocenters. The monoisotopic (exact) mass is 325 g/mol. The molecule has 122 valence electrons. The summed E-state index contributed by atoms with van der Waals surface area (Å²) in [7, 11) is 0. The number of nitrogens with two attached hydrogens (primary N) is 1. The third-order valence-corrected chi connectivity index (χ3v) is 3.87. The van der Waals surface area contributed by atoms with Crippen LogP contribution in [0.2, 0.25) is 0 Å². The average Bonchev–Trinajstić information content (AvgIpc) is 2.90. The Bertz CT molecular complexity index is 505. The summed E-state index contributed by atoms with van der Waals surface area (Å²) in [4.78, 5) is 23.7. The second kappa shape index (κ2) is 8.76. The molecular weight excluding hydrogens is 302 g/mol. The number of benzene rings is 1. The second-order valence-electron chi connectivity index (χ2n) is 5.68. The van der Waals surface area contributed by atoms with Crippen LogP contribution in [0.3, 0.4) is 0 Å². The van der Waals surface area contributed by atoms with Gasteiger partial charge >= 0.3 is 0 Å². The summed E-state index contributed by atoms with van der Waals surface area (Å²) >= 11 is 0. The van der Waals surface area contributed by atoms with Gasteiger partial charge in [-0.05, 0) is 38.3 Å². The van der Waals surface area contributed by atoms with Crippen molar-refractivity contribution in [2.24, 2.45) is 11.7 Å². The van der Waals surface area contributed by atoms with Gasteiger partial charge in [-0.15, -0.1) is 12.4 Å². The average molecular weight is 326 g/mol. The van der Waals surface area contributed by atoms with Crippen molar-refractivity contribution in [1.82, 2.24) is 10.6 Å². The second-order valence-corrected chi connectivity index (χ2v) is 5.68. The number of amides is 2. The number of hydrogen-bond donors (Lipinski definition) is 3. The quantitative estimate of drug-likeness (QED) is 0.715. The summed E-state index contributed by atoms with van der Waals surface area (Å²) in [6, 6.07) is 7.55. The van der Waals surface area contributed by atoms with Crippen molar-refractivity contribution in [1.29, 1.82) is 0 Å². The van der Waals surface area contributed by atoms with Crippen molar-refractivity contribution in [2.45, 2.75) is 32.2 Å². The van der Waals surface area contributed by atoms with E-state index in [0.717, 1.165) is 24.8 Å². The number of halogens is 1. The van der Waals surface area contributed by atoms with Gasteiger partial charge in [0.2, 0.25) is 5.91 Å². The minimum atomic E-state index is -0.118. The predicted molar refractivity (Wildman–Crippen MR) is 89.1 cm³/mol. The molecule has 2 unspecified atom stereocenters. The molecule has 22 heavy (non-hydrogen) atoms. The van der Waals surface area contributed by atoms with Gasteiger partial charge < -0.3 is 16.4 Å². The topological polar surface area (TPSA) is 84.2 Å². The first kappa shape index (κ1) is 18.5. The van der Waals surface area contributed by atoms with Gasteiger partial charge in [0.1, 0.15) is 0 Å². The van der Waals surface area contributed by atoms with E-state index in [1.807, 2.05) is 19.1 Å². The number of nitrogens with one attached hydrogen (secondary N) is 2. The minimum Gasteiger partial charge on any atom is -0.354 e. The lowest BCUT2D eigenvalue weighted by atomic mass is 10.1. The molecule has 0 bridgehead atoms. The third-order valence-electron chi connectivity index (χ3n) is 3.87. The Labute approximate surface area is 137 Å². The fraction of sp³-hybridized carbons (Fsp3) is 0.500. The Kier molecular flexibility index (Phi) is 7.35. The summed E-state index contributed by atoms with van der Waals surface area (Å²) < 4.78 is 0. The maximum absolute atomic E-state index is 11.9. The molecule has 1 aromatic rings. The van der Waals surface area contributed by atoms with Gasteiger partial charge in [0.05, 0.1) is 0 Å². The van der Waals surface area contributed by atoms with Crippen LogP contribution in [-0.2, 0) is 4.79 Å². The van der Waals surface area contributed by atoms with E-state index in [1.165, 1.54) is 0 Å². The molecule has 0 radical (unpaired) electrons. The van der Waals surface area contributed by atoms with Crippen LogP contribution in [0.4, 0.5) is 0 Å². The molecule has 2 rings (SSSR count). The molecule has 1 saturated carbocycles. The standard InChI is InChI=1S/C16H23N3O2.ClH/c1-11-2-4-12(5-3-11)15(20)18-8-9-19-16(21)13-6-7-14(17)10-13;/h2-5,13-14H,6-10,17H2,1H3,(H,18,20)(H,19,21);1H. The lowest BCUT2D eigenvalue weighted by molar-refractivity contribution is -0.124. The van der Waals surface area contributed by atoms with Gasteiger partial charge in [0, 0.05) is 30.6 Å². The Morgan fingerprint density at radius 1 is 1.14 bits per heavy atom. The number of aryl methyl sites for hydroxylation is 1. The van der Waals surface area contributed by atoms with Crippen LogP contribution in [0.15, 0.2) is 24.3 Å². The van der Waals surface area contributed by atoms with Crippen LogP contribution in [0.5, 0.6) is 0 Å². The van der Waals surface area contributed by atoms with Crippen molar-refractivity contribution in [2.75, 3.05) is 13.1 Å². The molecule has 0 spiro atoms. The van der Waals surface area contributed by atoms with E-state index in [9.17, 15) is 9.59 Å². The number of hydrogen-bond acceptors (Lipinski definition) is 3. The van der Waals surface area contributed by atoms with Gasteiger partial charge in [0.15, 0.2) is 0 Å². The minimum absolute atomic E-state index is 0. The molecule has 4 N–H and O–H groups in total. The van der Waals surface area contributed by atoms with Crippen molar-refractivity contribution >= 4 is 24.2 Å². The zero-order chi connectivity index (χ0) is 15.2. The smallest absolute Gasteiger partial charge is 0.251 e. The van der Waals surface area contributed by atoms with Crippen LogP contribution >= 0.6 is 12.4 Å². The van der Waals surface area contributed by atoms with Gasteiger partial charge in [0.25, 0.3) is 5.91 Å². The highest BCUT2D eigenvalue weighted by Crippen LogP contribution is 2.23. The highest BCUT2D eigenvalue weighted by Gasteiger charge is 2.27. The van der Waals surface area contributed by atoms with Gasteiger partial charge in [-0.25, -0.2) is 0 Å². The van der Waals surface area contributed by atoms with E-state index < -0.39 is 0 Å². The number of carbonyl (C=O) groups excluding carboxylic acids is 2. The van der Waals surface area contributed by atoms with E-state index in [4.69, 9.17) is 5.73 Å². The highest BCUT2D eigenvalue weighted by molar-refractivity contribution is 5.94. The summed E-state index contributed by atoms with van der Waals surface area (Å²) in [5.74, 6) is -0.0347. The van der Waals surface area contributed by atoms with E-state index >= 15 is 0 Å². The molecule has 0 heterocycles. The first-order chi connectivity index (χ1) is 10.1. The summed E-state index contributed by atoms with van der Waals surface area (Å²) in [5.41, 5.74) is 7.55. The molecular formula is C16H24ClN3O2. The molecule has 5 nitrogen and oxygen atoms in total. The molecule has 1 aliphatic rings. The third kappa shape index (κ3) is 5.31. The fourth-order valence-electron chi connectivity index (χ4n) is 2.57. The first-order valence-corrected chi connectivity index (χ1v) is 7.44. The molecule has 1 aliphatic carbocycles. The zero-order valence-corrected chi connectivity index (χ0v) is 13.6. The molecule has 0 aromatic heterocycles. The highest BCUT2D eigenvalue weighted by atomic mass is 35.5. The molecule has 0 saturated heterocycles. The van der Waals surface area contributed by atoms with Gasteiger partial charge in [-0.2, -0.15) is 0 Å². The molecule has 1 aromatic carbocycles. The first-order valence-electron chi connectivity index (χ1n) is 7.44. The lowest BCUT2D eigenvalue weighted by Gasteiger charge is -2.11. The Hall–Kier alpha value is -1.59. The lowest BCUT2D eigenvalue weighted by Crippen LogP contribution is -2.37. The van der Waals surface area contributed by atoms with E-state index in [1.54, 1.807) is 12.1 Å². The molecule has 0 aliphatic heterocycles. The van der Waals surface area contributed by atoms with Crippen molar-refractivity contribution in [3.05, 3.63) is 35.4 Å². The Morgan fingerprint density at radius 3 is 2.36 bits per heavy atom. The number of rotatable bonds is 5. The van der Waals surface area contributed by atoms with Crippen molar-refractivity contribution in [3.63, 3.8) is 0 Å². The largest absolute Gasteiger partial charge is 0.354 e. The maximum Gasteiger partial charge on any atom is 0.251 e. The number of carbonyl (C=O) groups is 2. The maximum atomic E-state index is 11.9. The zero-order valence-electron chi connectivity index (χ0n) is 12.8. The van der Waals surface area contributed by atoms with Crippen LogP contribution < -0.4 is 16.4 Å².